The molecule has 2 rings (SSSR count). The van der Waals surface area contributed by atoms with Crippen molar-refractivity contribution in [2.24, 2.45) is 0 Å². The number of aromatic nitrogens is 4. The molecule has 0 spiro atoms. The van der Waals surface area contributed by atoms with Crippen LogP contribution in [-0.4, -0.2) is 26.1 Å². The number of rotatable bonds is 3. The Morgan fingerprint density at radius 2 is 2.38 bits per heavy atom. The van der Waals surface area contributed by atoms with Gasteiger partial charge in [-0.15, -0.1) is 11.3 Å². The van der Waals surface area contributed by atoms with Crippen molar-refractivity contribution in [3.05, 3.63) is 28.2 Å². The molecular weight excluding hydrogens is 226 g/mol. The summed E-state index contributed by atoms with van der Waals surface area (Å²) in [6, 6.07) is -0.197. The molecule has 84 valence electrons. The number of carbonyl (C=O) groups is 1. The van der Waals surface area contributed by atoms with Crippen LogP contribution >= 0.6 is 11.3 Å². The van der Waals surface area contributed by atoms with E-state index < -0.39 is 0 Å². The highest BCUT2D eigenvalue weighted by Crippen LogP contribution is 2.13. The van der Waals surface area contributed by atoms with Crippen LogP contribution in [0, 0.1) is 6.92 Å². The maximum absolute atomic E-state index is 11.8. The second-order valence-corrected chi connectivity index (χ2v) is 4.54. The van der Waals surface area contributed by atoms with Gasteiger partial charge >= 0.3 is 0 Å². The summed E-state index contributed by atoms with van der Waals surface area (Å²) in [7, 11) is 0. The average molecular weight is 237 g/mol. The van der Waals surface area contributed by atoms with Gasteiger partial charge in [0.1, 0.15) is 17.0 Å². The first-order valence-corrected chi connectivity index (χ1v) is 5.57. The Kier molecular flexibility index (Phi) is 2.95. The summed E-state index contributed by atoms with van der Waals surface area (Å²) in [6.45, 7) is 3.70. The van der Waals surface area contributed by atoms with Crippen LogP contribution in [0.1, 0.15) is 33.5 Å². The van der Waals surface area contributed by atoms with E-state index >= 15 is 0 Å². The Bertz CT molecular complexity index is 478. The summed E-state index contributed by atoms with van der Waals surface area (Å²) in [5.41, 5.74) is 0. The van der Waals surface area contributed by atoms with Crippen LogP contribution in [0.4, 0.5) is 0 Å². The van der Waals surface area contributed by atoms with Crippen LogP contribution in [0.3, 0.4) is 0 Å². The van der Waals surface area contributed by atoms with E-state index in [1.807, 2.05) is 13.8 Å². The van der Waals surface area contributed by atoms with Crippen LogP contribution in [0.15, 0.2) is 12.5 Å². The number of nitrogens with one attached hydrogen (secondary N) is 2. The average Bonchev–Trinajstić information content (AvgIpc) is 2.87. The minimum atomic E-state index is -0.197. The molecule has 0 radical (unpaired) electrons. The number of nitrogens with zero attached hydrogens (tertiary/aromatic N) is 3. The molecule has 1 atom stereocenters. The molecule has 1 amide bonds. The molecule has 0 saturated carbocycles. The van der Waals surface area contributed by atoms with E-state index in [1.165, 1.54) is 17.7 Å². The van der Waals surface area contributed by atoms with Gasteiger partial charge in [0, 0.05) is 0 Å². The van der Waals surface area contributed by atoms with Gasteiger partial charge in [-0.05, 0) is 13.8 Å². The summed E-state index contributed by atoms with van der Waals surface area (Å²) < 4.78 is 0. The molecule has 7 heteroatoms. The molecule has 2 aromatic heterocycles. The third-order valence-corrected chi connectivity index (χ3v) is 2.95. The highest BCUT2D eigenvalue weighted by Gasteiger charge is 2.14. The second-order valence-electron chi connectivity index (χ2n) is 3.31. The Balaban J connectivity index is 2.03. The third kappa shape index (κ3) is 2.25. The fourth-order valence-electron chi connectivity index (χ4n) is 1.23. The first kappa shape index (κ1) is 10.7. The van der Waals surface area contributed by atoms with Crippen molar-refractivity contribution in [1.82, 2.24) is 25.5 Å². The predicted molar refractivity (Wildman–Crippen MR) is 59.1 cm³/mol. The van der Waals surface area contributed by atoms with Crippen LogP contribution < -0.4 is 5.32 Å². The molecule has 0 saturated heterocycles. The van der Waals surface area contributed by atoms with Crippen molar-refractivity contribution in [1.29, 1.82) is 0 Å². The predicted octanol–water partition coefficient (Wildman–Crippen LogP) is 1.06. The Morgan fingerprint density at radius 3 is 2.94 bits per heavy atom. The molecule has 0 aliphatic carbocycles. The van der Waals surface area contributed by atoms with E-state index in [0.717, 1.165) is 5.01 Å². The lowest BCUT2D eigenvalue weighted by Gasteiger charge is -2.09. The first-order valence-electron chi connectivity index (χ1n) is 4.75. The van der Waals surface area contributed by atoms with Crippen molar-refractivity contribution >= 4 is 17.2 Å². The summed E-state index contributed by atoms with van der Waals surface area (Å²) in [5, 5.41) is 10.1. The van der Waals surface area contributed by atoms with E-state index in [9.17, 15) is 4.79 Å². The zero-order valence-electron chi connectivity index (χ0n) is 8.89. The first-order chi connectivity index (χ1) is 7.66. The second kappa shape index (κ2) is 4.40. The number of carbonyl (C=O) groups excluding carboxylic acids is 1. The molecule has 2 N–H and O–H groups in total. The number of aryl methyl sites for hydroxylation is 1. The lowest BCUT2D eigenvalue weighted by molar-refractivity contribution is 0.0942. The van der Waals surface area contributed by atoms with Crippen LogP contribution in [0.5, 0.6) is 0 Å². The molecule has 16 heavy (non-hydrogen) atoms. The molecule has 2 aromatic rings. The van der Waals surface area contributed by atoms with Gasteiger partial charge in [-0.2, -0.15) is 5.10 Å². The van der Waals surface area contributed by atoms with Gasteiger partial charge in [0.25, 0.3) is 5.91 Å². The van der Waals surface area contributed by atoms with Crippen LogP contribution in [-0.2, 0) is 0 Å². The Morgan fingerprint density at radius 1 is 1.56 bits per heavy atom. The molecule has 2 heterocycles. The fourth-order valence-corrected chi connectivity index (χ4v) is 1.91. The van der Waals surface area contributed by atoms with E-state index in [0.29, 0.717) is 10.7 Å². The van der Waals surface area contributed by atoms with Crippen molar-refractivity contribution in [3.63, 3.8) is 0 Å². The molecule has 0 aliphatic rings. The number of hydrogen-bond acceptors (Lipinski definition) is 5. The number of hydrogen-bond donors (Lipinski definition) is 2. The van der Waals surface area contributed by atoms with Crippen LogP contribution in [0.25, 0.3) is 0 Å². The molecule has 6 nitrogen and oxygen atoms in total. The summed E-state index contributed by atoms with van der Waals surface area (Å²) >= 11 is 1.37. The molecule has 0 aliphatic heterocycles. The van der Waals surface area contributed by atoms with E-state index in [4.69, 9.17) is 0 Å². The molecule has 0 aromatic carbocycles. The van der Waals surface area contributed by atoms with Crippen molar-refractivity contribution in [2.45, 2.75) is 19.9 Å². The third-order valence-electron chi connectivity index (χ3n) is 2.04. The topological polar surface area (TPSA) is 83.6 Å². The normalized spacial score (nSPS) is 12.4. The van der Waals surface area contributed by atoms with Gasteiger partial charge in [0.15, 0.2) is 0 Å². The zero-order chi connectivity index (χ0) is 11.5. The molecular formula is C9H11N5OS. The van der Waals surface area contributed by atoms with Gasteiger partial charge in [0.2, 0.25) is 0 Å². The van der Waals surface area contributed by atoms with E-state index in [-0.39, 0.29) is 11.9 Å². The standard InChI is InChI=1S/C9H11N5OS/c1-5(8-11-4-12-14-8)13-9(15)7-3-10-6(2)16-7/h3-5H,1-2H3,(H,13,15)(H,11,12,14). The van der Waals surface area contributed by atoms with Gasteiger partial charge in [-0.25, -0.2) is 9.97 Å². The number of amides is 1. The number of H-pyrrole nitrogens is 1. The largest absolute Gasteiger partial charge is 0.342 e. The summed E-state index contributed by atoms with van der Waals surface area (Å²) in [6.07, 6.45) is 2.98. The quantitative estimate of drug-likeness (QED) is 0.836. The number of thiazole rings is 1. The number of aromatic amines is 1. The Labute approximate surface area is 96.1 Å². The highest BCUT2D eigenvalue weighted by molar-refractivity contribution is 7.13. The smallest absolute Gasteiger partial charge is 0.263 e. The Hall–Kier alpha value is -1.76. The maximum atomic E-state index is 11.8. The summed E-state index contributed by atoms with van der Waals surface area (Å²) in [4.78, 5) is 20.4. The van der Waals surface area contributed by atoms with Crippen molar-refractivity contribution in [3.8, 4) is 0 Å². The minimum Gasteiger partial charge on any atom is -0.342 e. The lowest BCUT2D eigenvalue weighted by Crippen LogP contribution is -2.26. The molecule has 1 unspecified atom stereocenters. The molecule has 0 bridgehead atoms. The van der Waals surface area contributed by atoms with Crippen molar-refractivity contribution in [2.75, 3.05) is 0 Å². The SMILES string of the molecule is Cc1ncc(C(=O)NC(C)c2ncn[nH]2)s1. The van der Waals surface area contributed by atoms with Crippen LogP contribution in [0.2, 0.25) is 0 Å². The van der Waals surface area contributed by atoms with E-state index in [1.54, 1.807) is 6.20 Å². The van der Waals surface area contributed by atoms with Gasteiger partial charge in [0.05, 0.1) is 17.2 Å². The lowest BCUT2D eigenvalue weighted by atomic mass is 10.3. The van der Waals surface area contributed by atoms with E-state index in [2.05, 4.69) is 25.5 Å². The monoisotopic (exact) mass is 237 g/mol. The molecule has 0 fully saturated rings. The highest BCUT2D eigenvalue weighted by atomic mass is 32.1. The summed E-state index contributed by atoms with van der Waals surface area (Å²) in [5.74, 6) is 0.490. The van der Waals surface area contributed by atoms with Crippen molar-refractivity contribution < 1.29 is 4.79 Å². The zero-order valence-corrected chi connectivity index (χ0v) is 9.71. The minimum absolute atomic E-state index is 0.144. The fraction of sp³-hybridized carbons (Fsp3) is 0.333. The maximum Gasteiger partial charge on any atom is 0.263 e. The van der Waals surface area contributed by atoms with Gasteiger partial charge < -0.3 is 5.32 Å². The van der Waals surface area contributed by atoms with Gasteiger partial charge in [-0.3, -0.25) is 9.89 Å². The van der Waals surface area contributed by atoms with Gasteiger partial charge in [-0.1, -0.05) is 0 Å².